The Morgan fingerprint density at radius 1 is 1.10 bits per heavy atom. The molecule has 3 N–H and O–H groups in total. The first kappa shape index (κ1) is 18.7. The van der Waals surface area contributed by atoms with E-state index in [0.717, 1.165) is 36.6 Å². The highest BCUT2D eigenvalue weighted by atomic mass is 16.2. The van der Waals surface area contributed by atoms with E-state index < -0.39 is 0 Å². The molecular formula is C22H23N5O2. The summed E-state index contributed by atoms with van der Waals surface area (Å²) in [5.74, 6) is 0.639. The number of carbonyl (C=O) groups is 2. The molecule has 1 aliphatic heterocycles. The molecule has 1 saturated heterocycles. The molecule has 0 bridgehead atoms. The van der Waals surface area contributed by atoms with Crippen LogP contribution in [0, 0.1) is 0 Å². The summed E-state index contributed by atoms with van der Waals surface area (Å²) < 4.78 is 0. The van der Waals surface area contributed by atoms with Crippen molar-refractivity contribution in [3.8, 4) is 11.3 Å². The van der Waals surface area contributed by atoms with Gasteiger partial charge in [-0.3, -0.25) is 14.7 Å². The Labute approximate surface area is 169 Å². The second kappa shape index (κ2) is 8.18. The molecule has 2 heterocycles. The third-order valence-corrected chi connectivity index (χ3v) is 4.96. The summed E-state index contributed by atoms with van der Waals surface area (Å²) in [4.78, 5) is 25.8. The third-order valence-electron chi connectivity index (χ3n) is 4.96. The number of hydrogen-bond donors (Lipinski definition) is 3. The first-order valence-electron chi connectivity index (χ1n) is 9.63. The molecule has 1 atom stereocenters. The summed E-state index contributed by atoms with van der Waals surface area (Å²) in [5, 5.41) is 13.3. The average Bonchev–Trinajstić information content (AvgIpc) is 3.38. The highest BCUT2D eigenvalue weighted by molar-refractivity contribution is 5.95. The van der Waals surface area contributed by atoms with E-state index in [0.29, 0.717) is 11.3 Å². The van der Waals surface area contributed by atoms with Gasteiger partial charge in [-0.05, 0) is 36.2 Å². The topological polar surface area (TPSA) is 90.1 Å². The van der Waals surface area contributed by atoms with Crippen LogP contribution in [0.15, 0.2) is 60.7 Å². The first-order valence-corrected chi connectivity index (χ1v) is 9.63. The van der Waals surface area contributed by atoms with Crippen molar-refractivity contribution < 1.29 is 9.59 Å². The van der Waals surface area contributed by atoms with Crippen LogP contribution in [0.1, 0.15) is 23.7 Å². The van der Waals surface area contributed by atoms with Crippen molar-refractivity contribution in [2.24, 2.45) is 0 Å². The van der Waals surface area contributed by atoms with Gasteiger partial charge in [0.15, 0.2) is 5.82 Å². The molecule has 0 aliphatic carbocycles. The van der Waals surface area contributed by atoms with Gasteiger partial charge in [0.05, 0.1) is 5.69 Å². The Kier molecular flexibility index (Phi) is 5.29. The maximum Gasteiger partial charge on any atom is 0.251 e. The van der Waals surface area contributed by atoms with Gasteiger partial charge in [-0.1, -0.05) is 30.3 Å². The Morgan fingerprint density at radius 3 is 2.59 bits per heavy atom. The monoisotopic (exact) mass is 389 g/mol. The van der Waals surface area contributed by atoms with Crippen LogP contribution >= 0.6 is 0 Å². The van der Waals surface area contributed by atoms with Crippen molar-refractivity contribution in [3.05, 3.63) is 66.2 Å². The van der Waals surface area contributed by atoms with Gasteiger partial charge in [0, 0.05) is 43.4 Å². The van der Waals surface area contributed by atoms with Crippen molar-refractivity contribution in [2.75, 3.05) is 23.3 Å². The van der Waals surface area contributed by atoms with Crippen LogP contribution in [0.4, 0.5) is 11.5 Å². The molecule has 29 heavy (non-hydrogen) atoms. The normalized spacial score (nSPS) is 15.9. The van der Waals surface area contributed by atoms with Crippen LogP contribution in [0.5, 0.6) is 0 Å². The predicted octanol–water partition coefficient (Wildman–Crippen LogP) is 3.04. The summed E-state index contributed by atoms with van der Waals surface area (Å²) in [7, 11) is 0. The molecule has 3 aromatic rings. The molecule has 2 aromatic carbocycles. The maximum absolute atomic E-state index is 12.5. The SMILES string of the molecule is CC(=O)Nc1ccc(C(=O)N[C@@H]2CCN(c3cc(-c4ccccc4)[nH]n3)C2)cc1. The molecular weight excluding hydrogens is 366 g/mol. The van der Waals surface area contributed by atoms with Gasteiger partial charge in [-0.25, -0.2) is 0 Å². The number of amides is 2. The number of nitrogens with zero attached hydrogens (tertiary/aromatic N) is 2. The minimum atomic E-state index is -0.137. The van der Waals surface area contributed by atoms with Crippen molar-refractivity contribution in [1.29, 1.82) is 0 Å². The number of carbonyl (C=O) groups excluding carboxylic acids is 2. The molecule has 1 aliphatic rings. The molecule has 148 valence electrons. The van der Waals surface area contributed by atoms with Gasteiger partial charge in [0.1, 0.15) is 0 Å². The summed E-state index contributed by atoms with van der Waals surface area (Å²) in [6.45, 7) is 3.01. The van der Waals surface area contributed by atoms with Crippen LogP contribution in [0.2, 0.25) is 0 Å². The average molecular weight is 389 g/mol. The van der Waals surface area contributed by atoms with E-state index in [2.05, 4.69) is 25.7 Å². The van der Waals surface area contributed by atoms with E-state index in [1.807, 2.05) is 36.4 Å². The molecule has 0 spiro atoms. The Morgan fingerprint density at radius 2 is 1.86 bits per heavy atom. The van der Waals surface area contributed by atoms with Gasteiger partial charge in [-0.2, -0.15) is 5.10 Å². The molecule has 0 saturated carbocycles. The zero-order valence-corrected chi connectivity index (χ0v) is 16.2. The lowest BCUT2D eigenvalue weighted by Crippen LogP contribution is -2.37. The van der Waals surface area contributed by atoms with Crippen LogP contribution in [-0.4, -0.2) is 41.1 Å². The molecule has 4 rings (SSSR count). The fourth-order valence-corrected chi connectivity index (χ4v) is 3.50. The number of hydrogen-bond acceptors (Lipinski definition) is 4. The molecule has 1 aromatic heterocycles. The fourth-order valence-electron chi connectivity index (χ4n) is 3.50. The fraction of sp³-hybridized carbons (Fsp3) is 0.227. The largest absolute Gasteiger partial charge is 0.353 e. The number of aromatic amines is 1. The van der Waals surface area contributed by atoms with Crippen LogP contribution in [-0.2, 0) is 4.79 Å². The van der Waals surface area contributed by atoms with Crippen LogP contribution in [0.25, 0.3) is 11.3 Å². The van der Waals surface area contributed by atoms with E-state index in [4.69, 9.17) is 0 Å². The zero-order chi connectivity index (χ0) is 20.2. The minimum absolute atomic E-state index is 0.0643. The third kappa shape index (κ3) is 4.45. The van der Waals surface area contributed by atoms with Crippen molar-refractivity contribution >= 4 is 23.3 Å². The Bertz CT molecular complexity index is 998. The standard InChI is InChI=1S/C22H23N5O2/c1-15(28)23-18-9-7-17(8-10-18)22(29)24-19-11-12-27(14-19)21-13-20(25-26-21)16-5-3-2-4-6-16/h2-10,13,19H,11-12,14H2,1H3,(H,23,28)(H,24,29)(H,25,26)/t19-/m1/s1. The molecule has 2 amide bonds. The van der Waals surface area contributed by atoms with E-state index in [-0.39, 0.29) is 17.9 Å². The van der Waals surface area contributed by atoms with E-state index >= 15 is 0 Å². The van der Waals surface area contributed by atoms with Gasteiger partial charge in [-0.15, -0.1) is 0 Å². The molecule has 0 radical (unpaired) electrons. The van der Waals surface area contributed by atoms with E-state index in [1.165, 1.54) is 6.92 Å². The smallest absolute Gasteiger partial charge is 0.251 e. The van der Waals surface area contributed by atoms with Gasteiger partial charge >= 0.3 is 0 Å². The van der Waals surface area contributed by atoms with Gasteiger partial charge in [0.2, 0.25) is 5.91 Å². The lowest BCUT2D eigenvalue weighted by atomic mass is 10.1. The summed E-state index contributed by atoms with van der Waals surface area (Å²) in [6, 6.07) is 19.1. The Balaban J connectivity index is 1.35. The van der Waals surface area contributed by atoms with Crippen molar-refractivity contribution in [1.82, 2.24) is 15.5 Å². The lowest BCUT2D eigenvalue weighted by molar-refractivity contribution is -0.114. The molecule has 7 nitrogen and oxygen atoms in total. The van der Waals surface area contributed by atoms with Crippen molar-refractivity contribution in [3.63, 3.8) is 0 Å². The first-order chi connectivity index (χ1) is 14.1. The van der Waals surface area contributed by atoms with Gasteiger partial charge < -0.3 is 15.5 Å². The number of rotatable bonds is 5. The van der Waals surface area contributed by atoms with E-state index in [1.54, 1.807) is 24.3 Å². The molecule has 7 heteroatoms. The maximum atomic E-state index is 12.5. The van der Waals surface area contributed by atoms with Crippen LogP contribution < -0.4 is 15.5 Å². The number of aromatic nitrogens is 2. The lowest BCUT2D eigenvalue weighted by Gasteiger charge is -2.16. The zero-order valence-electron chi connectivity index (χ0n) is 16.2. The summed E-state index contributed by atoms with van der Waals surface area (Å²) in [6.07, 6.45) is 0.864. The predicted molar refractivity (Wildman–Crippen MR) is 113 cm³/mol. The number of benzene rings is 2. The second-order valence-electron chi connectivity index (χ2n) is 7.17. The number of anilines is 2. The molecule has 0 unspecified atom stereocenters. The number of H-pyrrole nitrogens is 1. The van der Waals surface area contributed by atoms with Crippen LogP contribution in [0.3, 0.4) is 0 Å². The molecule has 1 fully saturated rings. The quantitative estimate of drug-likeness (QED) is 0.626. The van der Waals surface area contributed by atoms with Gasteiger partial charge in [0.25, 0.3) is 5.91 Å². The minimum Gasteiger partial charge on any atom is -0.353 e. The highest BCUT2D eigenvalue weighted by Gasteiger charge is 2.26. The second-order valence-corrected chi connectivity index (χ2v) is 7.17. The Hall–Kier alpha value is -3.61. The van der Waals surface area contributed by atoms with E-state index in [9.17, 15) is 9.59 Å². The highest BCUT2D eigenvalue weighted by Crippen LogP contribution is 2.24. The van der Waals surface area contributed by atoms with Crippen molar-refractivity contribution in [2.45, 2.75) is 19.4 Å². The number of nitrogens with one attached hydrogen (secondary N) is 3. The summed E-state index contributed by atoms with van der Waals surface area (Å²) in [5.41, 5.74) is 3.32. The summed E-state index contributed by atoms with van der Waals surface area (Å²) >= 11 is 0.